The highest BCUT2D eigenvalue weighted by molar-refractivity contribution is 7.18. The number of nitrogens with zero attached hydrogens (tertiary/aromatic N) is 1. The van der Waals surface area contributed by atoms with Gasteiger partial charge < -0.3 is 10.1 Å². The van der Waals surface area contributed by atoms with Gasteiger partial charge in [-0.05, 0) is 32.3 Å². The van der Waals surface area contributed by atoms with E-state index in [9.17, 15) is 9.59 Å². The van der Waals surface area contributed by atoms with Crippen molar-refractivity contribution in [2.75, 3.05) is 0 Å². The zero-order valence-corrected chi connectivity index (χ0v) is 17.9. The molecule has 0 radical (unpaired) electrons. The number of hydrogen-bond acceptors (Lipinski definition) is 5. The minimum absolute atomic E-state index is 0.0214. The molecule has 1 saturated carbocycles. The lowest BCUT2D eigenvalue weighted by atomic mass is 10.1. The number of benzene rings is 2. The largest absolute Gasteiger partial charge is 0.452 e. The number of carbonyl (C=O) groups excluding carboxylic acids is 2. The second-order valence-electron chi connectivity index (χ2n) is 7.62. The Hall–Kier alpha value is -2.99. The molecule has 0 spiro atoms. The number of amides is 1. The summed E-state index contributed by atoms with van der Waals surface area (Å²) in [4.78, 5) is 30.4. The molecule has 1 aliphatic rings. The van der Waals surface area contributed by atoms with Crippen LogP contribution in [0.3, 0.4) is 0 Å². The molecule has 1 heterocycles. The van der Waals surface area contributed by atoms with Crippen LogP contribution in [-0.2, 0) is 20.7 Å². The quantitative estimate of drug-likeness (QED) is 0.570. The van der Waals surface area contributed by atoms with Crippen LogP contribution in [0.15, 0.2) is 54.6 Å². The number of nitrogens with one attached hydrogen (secondary N) is 1. The molecular formula is C24H24N2O3S. The molecule has 30 heavy (non-hydrogen) atoms. The first-order chi connectivity index (χ1) is 14.5. The van der Waals surface area contributed by atoms with Gasteiger partial charge in [-0.1, -0.05) is 60.2 Å². The third kappa shape index (κ3) is 4.94. The molecule has 0 aliphatic heterocycles. The summed E-state index contributed by atoms with van der Waals surface area (Å²) in [6, 6.07) is 18.3. The van der Waals surface area contributed by atoms with Crippen molar-refractivity contribution < 1.29 is 14.3 Å². The molecule has 3 aromatic rings. The van der Waals surface area contributed by atoms with Gasteiger partial charge in [-0.15, -0.1) is 11.3 Å². The first kappa shape index (κ1) is 20.3. The van der Waals surface area contributed by atoms with Crippen LogP contribution >= 0.6 is 11.3 Å². The van der Waals surface area contributed by atoms with Crippen LogP contribution in [0, 0.1) is 6.92 Å². The molecular weight excluding hydrogens is 396 g/mol. The lowest BCUT2D eigenvalue weighted by molar-refractivity contribution is -0.154. The van der Waals surface area contributed by atoms with E-state index in [2.05, 4.69) is 5.32 Å². The van der Waals surface area contributed by atoms with Crippen LogP contribution in [0.4, 0.5) is 0 Å². The molecule has 0 bridgehead atoms. The Balaban J connectivity index is 1.55. The number of aromatic nitrogens is 1. The van der Waals surface area contributed by atoms with Gasteiger partial charge in [0.25, 0.3) is 5.91 Å². The first-order valence-corrected chi connectivity index (χ1v) is 10.9. The minimum atomic E-state index is -0.812. The van der Waals surface area contributed by atoms with E-state index < -0.39 is 12.1 Å². The van der Waals surface area contributed by atoms with Crippen molar-refractivity contribution in [3.05, 3.63) is 65.9 Å². The number of ether oxygens (including phenoxy) is 1. The highest BCUT2D eigenvalue weighted by atomic mass is 32.1. The van der Waals surface area contributed by atoms with Crippen LogP contribution < -0.4 is 5.32 Å². The number of hydrogen-bond donors (Lipinski definition) is 1. The van der Waals surface area contributed by atoms with Crippen LogP contribution in [0.5, 0.6) is 0 Å². The topological polar surface area (TPSA) is 68.3 Å². The van der Waals surface area contributed by atoms with Crippen molar-refractivity contribution in [3.8, 4) is 21.0 Å². The average Bonchev–Trinajstić information content (AvgIpc) is 3.46. The molecule has 1 atom stereocenters. The summed E-state index contributed by atoms with van der Waals surface area (Å²) >= 11 is 1.56. The number of rotatable bonds is 7. The normalized spacial score (nSPS) is 14.2. The van der Waals surface area contributed by atoms with E-state index in [1.165, 1.54) is 5.56 Å². The fourth-order valence-corrected chi connectivity index (χ4v) is 4.17. The van der Waals surface area contributed by atoms with E-state index in [0.717, 1.165) is 33.9 Å². The van der Waals surface area contributed by atoms with E-state index in [0.29, 0.717) is 5.69 Å². The molecule has 154 valence electrons. The summed E-state index contributed by atoms with van der Waals surface area (Å²) in [5, 5.41) is 3.72. The standard InChI is InChI=1S/C24H24N2O3S/c1-15-8-10-17(11-9-15)22-20(26-24(30-22)18-6-4-3-5-7-18)14-21(27)29-16(2)23(28)25-19-12-13-19/h3-11,16,19H,12-14H2,1-2H3,(H,25,28)/t16-/m1/s1. The lowest BCUT2D eigenvalue weighted by Gasteiger charge is -2.13. The van der Waals surface area contributed by atoms with Crippen LogP contribution in [-0.4, -0.2) is 29.0 Å². The van der Waals surface area contributed by atoms with Gasteiger partial charge in [-0.2, -0.15) is 0 Å². The van der Waals surface area contributed by atoms with Crippen molar-refractivity contribution in [2.24, 2.45) is 0 Å². The maximum atomic E-state index is 12.6. The molecule has 6 heteroatoms. The van der Waals surface area contributed by atoms with Crippen LogP contribution in [0.1, 0.15) is 31.0 Å². The fourth-order valence-electron chi connectivity index (χ4n) is 3.08. The second kappa shape index (κ2) is 8.79. The number of thiazole rings is 1. The predicted molar refractivity (Wildman–Crippen MR) is 118 cm³/mol. The molecule has 5 nitrogen and oxygen atoms in total. The van der Waals surface area contributed by atoms with Crippen molar-refractivity contribution in [1.29, 1.82) is 0 Å². The number of esters is 1. The van der Waals surface area contributed by atoms with Gasteiger partial charge in [0.15, 0.2) is 6.10 Å². The van der Waals surface area contributed by atoms with Gasteiger partial charge >= 0.3 is 5.97 Å². The number of aryl methyl sites for hydroxylation is 1. The van der Waals surface area contributed by atoms with E-state index in [-0.39, 0.29) is 18.4 Å². The summed E-state index contributed by atoms with van der Waals surface area (Å²) in [6.07, 6.45) is 1.20. The second-order valence-corrected chi connectivity index (χ2v) is 8.62. The van der Waals surface area contributed by atoms with E-state index in [4.69, 9.17) is 9.72 Å². The van der Waals surface area contributed by atoms with Gasteiger partial charge in [-0.3, -0.25) is 9.59 Å². The lowest BCUT2D eigenvalue weighted by Crippen LogP contribution is -2.37. The third-order valence-corrected chi connectivity index (χ3v) is 6.14. The highest BCUT2D eigenvalue weighted by Crippen LogP contribution is 2.36. The number of carbonyl (C=O) groups is 2. The van der Waals surface area contributed by atoms with Crippen LogP contribution in [0.2, 0.25) is 0 Å². The zero-order valence-electron chi connectivity index (χ0n) is 17.1. The van der Waals surface area contributed by atoms with Crippen LogP contribution in [0.25, 0.3) is 21.0 Å². The molecule has 1 aliphatic carbocycles. The van der Waals surface area contributed by atoms with Crippen molar-refractivity contribution in [2.45, 2.75) is 45.3 Å². The third-order valence-electron chi connectivity index (χ3n) is 4.94. The van der Waals surface area contributed by atoms with Crippen molar-refractivity contribution in [3.63, 3.8) is 0 Å². The molecule has 1 amide bonds. The molecule has 0 unspecified atom stereocenters. The smallest absolute Gasteiger partial charge is 0.312 e. The minimum Gasteiger partial charge on any atom is -0.452 e. The Bertz CT molecular complexity index is 1040. The summed E-state index contributed by atoms with van der Waals surface area (Å²) in [6.45, 7) is 3.64. The maximum absolute atomic E-state index is 12.6. The van der Waals surface area contributed by atoms with Gasteiger partial charge in [0, 0.05) is 11.6 Å². The Morgan fingerprint density at radius 1 is 1.10 bits per heavy atom. The SMILES string of the molecule is Cc1ccc(-c2sc(-c3ccccc3)nc2CC(=O)O[C@H](C)C(=O)NC2CC2)cc1. The van der Waals surface area contributed by atoms with E-state index in [1.54, 1.807) is 18.3 Å². The molecule has 1 fully saturated rings. The molecule has 1 N–H and O–H groups in total. The molecule has 2 aromatic carbocycles. The highest BCUT2D eigenvalue weighted by Gasteiger charge is 2.27. The Morgan fingerprint density at radius 2 is 1.80 bits per heavy atom. The van der Waals surface area contributed by atoms with Crippen molar-refractivity contribution >= 4 is 23.2 Å². The van der Waals surface area contributed by atoms with E-state index >= 15 is 0 Å². The molecule has 4 rings (SSSR count). The Kier molecular flexibility index (Phi) is 5.95. The van der Waals surface area contributed by atoms with Gasteiger partial charge in [0.2, 0.25) is 0 Å². The maximum Gasteiger partial charge on any atom is 0.312 e. The monoisotopic (exact) mass is 420 g/mol. The summed E-state index contributed by atoms with van der Waals surface area (Å²) in [5.41, 5.74) is 3.86. The fraction of sp³-hybridized carbons (Fsp3) is 0.292. The van der Waals surface area contributed by atoms with Gasteiger partial charge in [-0.25, -0.2) is 4.98 Å². The Labute approximate surface area is 180 Å². The first-order valence-electron chi connectivity index (χ1n) is 10.1. The molecule has 1 aromatic heterocycles. The average molecular weight is 421 g/mol. The zero-order chi connectivity index (χ0) is 21.1. The molecule has 0 saturated heterocycles. The van der Waals surface area contributed by atoms with E-state index in [1.807, 2.05) is 61.5 Å². The summed E-state index contributed by atoms with van der Waals surface area (Å²) < 4.78 is 5.38. The Morgan fingerprint density at radius 3 is 2.47 bits per heavy atom. The summed E-state index contributed by atoms with van der Waals surface area (Å²) in [7, 11) is 0. The van der Waals surface area contributed by atoms with Crippen molar-refractivity contribution in [1.82, 2.24) is 10.3 Å². The van der Waals surface area contributed by atoms with Gasteiger partial charge in [0.1, 0.15) is 5.01 Å². The van der Waals surface area contributed by atoms with Gasteiger partial charge in [0.05, 0.1) is 17.0 Å². The summed E-state index contributed by atoms with van der Waals surface area (Å²) in [5.74, 6) is -0.695. The predicted octanol–water partition coefficient (Wildman–Crippen LogP) is 4.54.